The second kappa shape index (κ2) is 4.21. The lowest BCUT2D eigenvalue weighted by Crippen LogP contribution is -2.00. The Morgan fingerprint density at radius 2 is 2.25 bits per heavy atom. The number of hydrogen-bond donors (Lipinski definition) is 1. The fourth-order valence-electron chi connectivity index (χ4n) is 0.906. The van der Waals surface area contributed by atoms with Crippen LogP contribution in [0.15, 0.2) is 22.7 Å². The van der Waals surface area contributed by atoms with Crippen LogP contribution in [0.25, 0.3) is 0 Å². The quantitative estimate of drug-likeness (QED) is 0.859. The average Bonchev–Trinajstić information content (AvgIpc) is 2.03. The highest BCUT2D eigenvalue weighted by Gasteiger charge is 2.13. The summed E-state index contributed by atoms with van der Waals surface area (Å²) in [4.78, 5) is 0. The van der Waals surface area contributed by atoms with Crippen molar-refractivity contribution < 1.29 is 9.50 Å². The number of rotatable bonds is 2. The summed E-state index contributed by atoms with van der Waals surface area (Å²) in [6.45, 7) is -0.831. The van der Waals surface area contributed by atoms with Crippen LogP contribution >= 0.6 is 27.5 Å². The monoisotopic (exact) mass is 252 g/mol. The summed E-state index contributed by atoms with van der Waals surface area (Å²) in [5, 5.41) is 9.57. The second-order valence-corrected chi connectivity index (χ2v) is 3.57. The molecule has 0 heterocycles. The Morgan fingerprint density at radius 3 is 2.75 bits per heavy atom. The van der Waals surface area contributed by atoms with Gasteiger partial charge in [0.25, 0.3) is 0 Å². The number of alkyl halides is 1. The third-order valence-electron chi connectivity index (χ3n) is 1.48. The summed E-state index contributed by atoms with van der Waals surface area (Å²) in [6, 6.07) is 5.04. The molecule has 0 amide bonds. The van der Waals surface area contributed by atoms with Crippen LogP contribution < -0.4 is 0 Å². The molecular formula is C8H7BrClFO. The van der Waals surface area contributed by atoms with Gasteiger partial charge in [0.2, 0.25) is 0 Å². The van der Waals surface area contributed by atoms with E-state index in [2.05, 4.69) is 15.9 Å². The van der Waals surface area contributed by atoms with Crippen molar-refractivity contribution in [3.8, 4) is 0 Å². The first-order chi connectivity index (χ1) is 5.66. The van der Waals surface area contributed by atoms with E-state index >= 15 is 0 Å². The first-order valence-electron chi connectivity index (χ1n) is 3.34. The first-order valence-corrected chi connectivity index (χ1v) is 4.52. The number of benzene rings is 1. The van der Waals surface area contributed by atoms with E-state index in [4.69, 9.17) is 11.6 Å². The van der Waals surface area contributed by atoms with E-state index in [9.17, 15) is 9.50 Å². The van der Waals surface area contributed by atoms with Gasteiger partial charge in [-0.05, 0) is 12.1 Å². The Kier molecular flexibility index (Phi) is 3.50. The second-order valence-electron chi connectivity index (χ2n) is 2.31. The van der Waals surface area contributed by atoms with Gasteiger partial charge in [-0.2, -0.15) is 0 Å². The fourth-order valence-corrected chi connectivity index (χ4v) is 1.95. The summed E-state index contributed by atoms with van der Waals surface area (Å²) in [7, 11) is 0. The van der Waals surface area contributed by atoms with Gasteiger partial charge in [0, 0.05) is 15.1 Å². The van der Waals surface area contributed by atoms with Crippen molar-refractivity contribution in [2.75, 3.05) is 6.67 Å². The van der Waals surface area contributed by atoms with Gasteiger partial charge in [-0.25, -0.2) is 4.39 Å². The molecule has 0 aliphatic rings. The maximum absolute atomic E-state index is 12.1. The zero-order valence-corrected chi connectivity index (χ0v) is 8.44. The number of halogens is 3. The Morgan fingerprint density at radius 1 is 1.58 bits per heavy atom. The molecule has 1 aromatic carbocycles. The van der Waals surface area contributed by atoms with Crippen LogP contribution in [0.3, 0.4) is 0 Å². The zero-order chi connectivity index (χ0) is 9.14. The minimum atomic E-state index is -1.15. The van der Waals surface area contributed by atoms with Gasteiger partial charge in [-0.15, -0.1) is 0 Å². The molecule has 0 aliphatic carbocycles. The van der Waals surface area contributed by atoms with E-state index in [1.165, 1.54) is 0 Å². The molecule has 0 saturated heterocycles. The van der Waals surface area contributed by atoms with Crippen LogP contribution in [0.5, 0.6) is 0 Å². The van der Waals surface area contributed by atoms with Crippen molar-refractivity contribution in [3.63, 3.8) is 0 Å². The van der Waals surface area contributed by atoms with Gasteiger partial charge >= 0.3 is 0 Å². The van der Waals surface area contributed by atoms with Crippen LogP contribution in [-0.2, 0) is 0 Å². The largest absolute Gasteiger partial charge is 0.386 e. The minimum Gasteiger partial charge on any atom is -0.386 e. The summed E-state index contributed by atoms with van der Waals surface area (Å²) in [5.41, 5.74) is 0.404. The molecule has 0 radical (unpaired) electrons. The van der Waals surface area contributed by atoms with E-state index in [1.807, 2.05) is 0 Å². The average molecular weight is 253 g/mol. The van der Waals surface area contributed by atoms with Crippen molar-refractivity contribution in [1.29, 1.82) is 0 Å². The maximum Gasteiger partial charge on any atom is 0.120 e. The molecule has 0 aromatic heterocycles. The highest BCUT2D eigenvalue weighted by atomic mass is 79.9. The van der Waals surface area contributed by atoms with Gasteiger partial charge in [-0.1, -0.05) is 33.6 Å². The minimum absolute atomic E-state index is 0.370. The molecule has 12 heavy (non-hydrogen) atoms. The van der Waals surface area contributed by atoms with E-state index in [0.29, 0.717) is 15.1 Å². The lowest BCUT2D eigenvalue weighted by Gasteiger charge is -2.10. The molecule has 0 bridgehead atoms. The first kappa shape index (κ1) is 9.96. The molecule has 0 saturated carbocycles. The topological polar surface area (TPSA) is 20.2 Å². The zero-order valence-electron chi connectivity index (χ0n) is 6.10. The Bertz CT molecular complexity index is 260. The lowest BCUT2D eigenvalue weighted by molar-refractivity contribution is 0.141. The highest BCUT2D eigenvalue weighted by molar-refractivity contribution is 9.10. The molecule has 0 fully saturated rings. The van der Waals surface area contributed by atoms with Crippen molar-refractivity contribution in [3.05, 3.63) is 33.3 Å². The Labute approximate surface area is 83.3 Å². The molecule has 1 unspecified atom stereocenters. The Balaban J connectivity index is 3.12. The summed E-state index contributed by atoms with van der Waals surface area (Å²) in [6.07, 6.45) is -1.15. The van der Waals surface area contributed by atoms with E-state index in [0.717, 1.165) is 0 Å². The number of hydrogen-bond acceptors (Lipinski definition) is 1. The van der Waals surface area contributed by atoms with E-state index in [-0.39, 0.29) is 0 Å². The van der Waals surface area contributed by atoms with Gasteiger partial charge in [0.15, 0.2) is 0 Å². The fraction of sp³-hybridized carbons (Fsp3) is 0.250. The van der Waals surface area contributed by atoms with E-state index < -0.39 is 12.8 Å². The van der Waals surface area contributed by atoms with Crippen LogP contribution in [0, 0.1) is 0 Å². The van der Waals surface area contributed by atoms with Crippen LogP contribution in [0.4, 0.5) is 4.39 Å². The van der Waals surface area contributed by atoms with Crippen LogP contribution in [0.2, 0.25) is 5.02 Å². The van der Waals surface area contributed by atoms with Crippen molar-refractivity contribution in [2.45, 2.75) is 6.10 Å². The number of aliphatic hydroxyl groups is 1. The highest BCUT2D eigenvalue weighted by Crippen LogP contribution is 2.30. The summed E-state index contributed by atoms with van der Waals surface area (Å²) in [5.74, 6) is 0. The van der Waals surface area contributed by atoms with Gasteiger partial charge < -0.3 is 5.11 Å². The molecule has 1 atom stereocenters. The smallest absolute Gasteiger partial charge is 0.120 e. The summed E-state index contributed by atoms with van der Waals surface area (Å²) >= 11 is 8.92. The normalized spacial score (nSPS) is 13.0. The van der Waals surface area contributed by atoms with Gasteiger partial charge in [-0.3, -0.25) is 0 Å². The molecule has 4 heteroatoms. The molecule has 1 N–H and O–H groups in total. The van der Waals surface area contributed by atoms with Crippen LogP contribution in [0.1, 0.15) is 11.7 Å². The molecule has 0 aliphatic heterocycles. The maximum atomic E-state index is 12.1. The van der Waals surface area contributed by atoms with Crippen molar-refractivity contribution in [2.24, 2.45) is 0 Å². The third-order valence-corrected chi connectivity index (χ3v) is 2.50. The number of aliphatic hydroxyl groups excluding tert-OH is 1. The predicted octanol–water partition coefficient (Wildman–Crippen LogP) is 3.11. The predicted molar refractivity (Wildman–Crippen MR) is 50.1 cm³/mol. The molecule has 1 nitrogen and oxygen atoms in total. The molecule has 1 rings (SSSR count). The molecule has 66 valence electrons. The molecule has 1 aromatic rings. The SMILES string of the molecule is OC(CF)c1c(Cl)cccc1Br. The van der Waals surface area contributed by atoms with Crippen molar-refractivity contribution >= 4 is 27.5 Å². The Hall–Kier alpha value is -0.120. The van der Waals surface area contributed by atoms with E-state index in [1.54, 1.807) is 18.2 Å². The van der Waals surface area contributed by atoms with Crippen molar-refractivity contribution in [1.82, 2.24) is 0 Å². The standard InChI is InChI=1S/C8H7BrClFO/c9-5-2-1-3-6(10)8(5)7(12)4-11/h1-3,7,12H,4H2. The van der Waals surface area contributed by atoms with Gasteiger partial charge in [0.1, 0.15) is 12.8 Å². The van der Waals surface area contributed by atoms with Crippen LogP contribution in [-0.4, -0.2) is 11.8 Å². The molecular weight excluding hydrogens is 246 g/mol. The summed E-state index contributed by atoms with van der Waals surface area (Å²) < 4.78 is 12.7. The van der Waals surface area contributed by atoms with Gasteiger partial charge in [0.05, 0.1) is 0 Å². The lowest BCUT2D eigenvalue weighted by atomic mass is 10.1. The molecule has 0 spiro atoms. The third kappa shape index (κ3) is 1.97.